The zero-order chi connectivity index (χ0) is 25.2. The van der Waals surface area contributed by atoms with Gasteiger partial charge in [-0.05, 0) is 41.8 Å². The van der Waals surface area contributed by atoms with Crippen LogP contribution in [0.25, 0.3) is 31.6 Å². The number of anilines is 1. The molecular formula is C27H17ClN2O5S. The lowest BCUT2D eigenvalue weighted by molar-refractivity contribution is -0.119. The first kappa shape index (κ1) is 23.5. The molecule has 0 aliphatic carbocycles. The number of carbonyl (C=O) groups excluding carboxylic acids is 2. The van der Waals surface area contributed by atoms with Crippen molar-refractivity contribution in [3.63, 3.8) is 0 Å². The first-order valence-electron chi connectivity index (χ1n) is 10.8. The van der Waals surface area contributed by atoms with Crippen molar-refractivity contribution >= 4 is 67.5 Å². The number of nitrogens with zero attached hydrogens (tertiary/aromatic N) is 1. The Hall–Kier alpha value is -4.27. The lowest BCUT2D eigenvalue weighted by atomic mass is 9.99. The molecule has 0 saturated carbocycles. The van der Waals surface area contributed by atoms with Crippen LogP contribution in [0.15, 0.2) is 78.9 Å². The number of aromatic nitrogens is 1. The summed E-state index contributed by atoms with van der Waals surface area (Å²) in [7, 11) is 0. The number of thiazole rings is 1. The van der Waals surface area contributed by atoms with Crippen LogP contribution in [0.5, 0.6) is 0 Å². The molecule has 36 heavy (non-hydrogen) atoms. The van der Waals surface area contributed by atoms with E-state index < -0.39 is 24.5 Å². The van der Waals surface area contributed by atoms with E-state index in [1.165, 1.54) is 29.5 Å². The van der Waals surface area contributed by atoms with Gasteiger partial charge in [0.05, 0.1) is 26.4 Å². The second kappa shape index (κ2) is 9.77. The Labute approximate surface area is 213 Å². The Bertz CT molecular complexity index is 1620. The molecular weight excluding hydrogens is 500 g/mol. The number of ether oxygens (including phenoxy) is 1. The van der Waals surface area contributed by atoms with Gasteiger partial charge in [-0.3, -0.25) is 4.79 Å². The number of para-hydroxylation sites is 1. The summed E-state index contributed by atoms with van der Waals surface area (Å²) in [5, 5.41) is 14.1. The average Bonchev–Trinajstić information content (AvgIpc) is 3.32. The van der Waals surface area contributed by atoms with Gasteiger partial charge in [0.2, 0.25) is 0 Å². The van der Waals surface area contributed by atoms with Crippen molar-refractivity contribution < 1.29 is 24.2 Å². The van der Waals surface area contributed by atoms with E-state index in [1.54, 1.807) is 12.1 Å². The molecule has 0 fully saturated rings. The van der Waals surface area contributed by atoms with Crippen LogP contribution in [0.4, 0.5) is 5.69 Å². The van der Waals surface area contributed by atoms with E-state index in [0.29, 0.717) is 10.9 Å². The number of esters is 1. The fraction of sp³-hybridized carbons (Fsp3) is 0.0370. The summed E-state index contributed by atoms with van der Waals surface area (Å²) in [5.41, 5.74) is 2.06. The number of fused-ring (bicyclic) bond motifs is 2. The summed E-state index contributed by atoms with van der Waals surface area (Å²) in [6.45, 7) is -0.552. The number of carboxylic acid groups (broad SMARTS) is 1. The van der Waals surface area contributed by atoms with Gasteiger partial charge >= 0.3 is 11.9 Å². The lowest BCUT2D eigenvalue weighted by Gasteiger charge is -2.11. The molecule has 4 aromatic carbocycles. The van der Waals surface area contributed by atoms with Crippen LogP contribution in [0.1, 0.15) is 20.7 Å². The van der Waals surface area contributed by atoms with Gasteiger partial charge < -0.3 is 15.2 Å². The lowest BCUT2D eigenvalue weighted by Crippen LogP contribution is -2.21. The van der Waals surface area contributed by atoms with Gasteiger partial charge in [-0.15, -0.1) is 11.3 Å². The second-order valence-electron chi connectivity index (χ2n) is 7.82. The topological polar surface area (TPSA) is 106 Å². The Balaban J connectivity index is 1.39. The van der Waals surface area contributed by atoms with Crippen molar-refractivity contribution in [1.29, 1.82) is 0 Å². The quantitative estimate of drug-likeness (QED) is 0.258. The summed E-state index contributed by atoms with van der Waals surface area (Å²) in [4.78, 5) is 41.4. The first-order valence-corrected chi connectivity index (χ1v) is 12.0. The van der Waals surface area contributed by atoms with Gasteiger partial charge in [0.25, 0.3) is 5.91 Å². The van der Waals surface area contributed by atoms with E-state index in [4.69, 9.17) is 21.3 Å². The predicted octanol–water partition coefficient (Wildman–Crippen LogP) is 6.26. The molecule has 1 heterocycles. The van der Waals surface area contributed by atoms with Gasteiger partial charge in [-0.2, -0.15) is 0 Å². The zero-order valence-corrected chi connectivity index (χ0v) is 20.1. The predicted molar refractivity (Wildman–Crippen MR) is 140 cm³/mol. The fourth-order valence-corrected chi connectivity index (χ4v) is 5.05. The average molecular weight is 517 g/mol. The minimum Gasteiger partial charge on any atom is -0.478 e. The molecule has 0 atom stereocenters. The number of nitrogens with one attached hydrogen (secondary N) is 1. The van der Waals surface area contributed by atoms with E-state index in [9.17, 15) is 19.5 Å². The number of carbonyl (C=O) groups is 3. The summed E-state index contributed by atoms with van der Waals surface area (Å²) in [5.74, 6) is -2.50. The maximum absolute atomic E-state index is 13.0. The Kier molecular flexibility index (Phi) is 6.37. The third-order valence-electron chi connectivity index (χ3n) is 5.46. The second-order valence-corrected chi connectivity index (χ2v) is 9.26. The monoisotopic (exact) mass is 516 g/mol. The number of rotatable bonds is 6. The van der Waals surface area contributed by atoms with Crippen LogP contribution < -0.4 is 5.32 Å². The van der Waals surface area contributed by atoms with Crippen molar-refractivity contribution in [2.75, 3.05) is 11.9 Å². The number of aromatic carboxylic acids is 1. The summed E-state index contributed by atoms with van der Waals surface area (Å²) in [6, 6.07) is 22.9. The molecule has 0 bridgehead atoms. The highest BCUT2D eigenvalue weighted by molar-refractivity contribution is 7.21. The SMILES string of the molecule is O=C(COC(=O)c1cccc2cccc(-c3nc4ccccc4s3)c12)Nc1ccc(Cl)c(C(=O)O)c1. The highest BCUT2D eigenvalue weighted by Crippen LogP contribution is 2.36. The Morgan fingerprint density at radius 2 is 1.72 bits per heavy atom. The molecule has 5 rings (SSSR count). The molecule has 0 aliphatic rings. The Morgan fingerprint density at radius 3 is 2.50 bits per heavy atom. The molecule has 0 radical (unpaired) electrons. The van der Waals surface area contributed by atoms with Gasteiger partial charge in [-0.25, -0.2) is 14.6 Å². The third-order valence-corrected chi connectivity index (χ3v) is 6.86. The van der Waals surface area contributed by atoms with Crippen LogP contribution in [0, 0.1) is 0 Å². The number of hydrogen-bond donors (Lipinski definition) is 2. The van der Waals surface area contributed by atoms with Crippen molar-refractivity contribution in [1.82, 2.24) is 4.98 Å². The molecule has 5 aromatic rings. The smallest absolute Gasteiger partial charge is 0.339 e. The molecule has 1 amide bonds. The van der Waals surface area contributed by atoms with Gasteiger partial charge in [0.15, 0.2) is 6.61 Å². The number of carboxylic acids is 1. The number of halogens is 1. The van der Waals surface area contributed by atoms with Gasteiger partial charge in [0, 0.05) is 16.6 Å². The minimum absolute atomic E-state index is 0.0480. The van der Waals surface area contributed by atoms with E-state index in [1.807, 2.05) is 48.5 Å². The highest BCUT2D eigenvalue weighted by Gasteiger charge is 2.19. The van der Waals surface area contributed by atoms with Crippen LogP contribution in [0.2, 0.25) is 5.02 Å². The summed E-state index contributed by atoms with van der Waals surface area (Å²) >= 11 is 7.39. The number of benzene rings is 4. The molecule has 2 N–H and O–H groups in total. The first-order chi connectivity index (χ1) is 17.4. The van der Waals surface area contributed by atoms with Gasteiger partial charge in [-0.1, -0.05) is 54.1 Å². The molecule has 1 aromatic heterocycles. The molecule has 0 spiro atoms. The fourth-order valence-electron chi connectivity index (χ4n) is 3.85. The minimum atomic E-state index is -1.22. The summed E-state index contributed by atoms with van der Waals surface area (Å²) in [6.07, 6.45) is 0. The van der Waals surface area contributed by atoms with Crippen LogP contribution >= 0.6 is 22.9 Å². The maximum Gasteiger partial charge on any atom is 0.339 e. The maximum atomic E-state index is 13.0. The van der Waals surface area contributed by atoms with Gasteiger partial charge in [0.1, 0.15) is 5.01 Å². The molecule has 9 heteroatoms. The molecule has 178 valence electrons. The van der Waals surface area contributed by atoms with Crippen LogP contribution in [0.3, 0.4) is 0 Å². The normalized spacial score (nSPS) is 10.9. The zero-order valence-electron chi connectivity index (χ0n) is 18.5. The number of hydrogen-bond acceptors (Lipinski definition) is 6. The largest absolute Gasteiger partial charge is 0.478 e. The molecule has 7 nitrogen and oxygen atoms in total. The van der Waals surface area contributed by atoms with E-state index in [2.05, 4.69) is 5.32 Å². The number of amides is 1. The van der Waals surface area contributed by atoms with Crippen molar-refractivity contribution in [2.24, 2.45) is 0 Å². The third kappa shape index (κ3) is 4.64. The summed E-state index contributed by atoms with van der Waals surface area (Å²) < 4.78 is 6.35. The van der Waals surface area contributed by atoms with Crippen LogP contribution in [-0.4, -0.2) is 34.5 Å². The van der Waals surface area contributed by atoms with Crippen molar-refractivity contribution in [3.8, 4) is 10.6 Å². The van der Waals surface area contributed by atoms with E-state index in [-0.39, 0.29) is 16.3 Å². The van der Waals surface area contributed by atoms with E-state index >= 15 is 0 Å². The standard InChI is InChI=1S/C27H17ClN2O5S/c28-20-12-11-16(13-19(20)26(32)33)29-23(31)14-35-27(34)18-8-4-6-15-5-3-7-17(24(15)18)25-30-21-9-1-2-10-22(21)36-25/h1-13H,14H2,(H,29,31)(H,32,33). The highest BCUT2D eigenvalue weighted by atomic mass is 35.5. The van der Waals surface area contributed by atoms with E-state index in [0.717, 1.165) is 26.2 Å². The van der Waals surface area contributed by atoms with Crippen LogP contribution in [-0.2, 0) is 9.53 Å². The van der Waals surface area contributed by atoms with Crippen molar-refractivity contribution in [3.05, 3.63) is 95.0 Å². The molecule has 0 aliphatic heterocycles. The molecule has 0 unspecified atom stereocenters. The molecule has 0 saturated heterocycles. The Morgan fingerprint density at radius 1 is 0.944 bits per heavy atom. The van der Waals surface area contributed by atoms with Crippen molar-refractivity contribution in [2.45, 2.75) is 0 Å².